The number of halogens is 6. The smallest absolute Gasteiger partial charge is 0.475 e. The molecule has 38 heavy (non-hydrogen) atoms. The van der Waals surface area contributed by atoms with Crippen LogP contribution in [0.3, 0.4) is 0 Å². The van der Waals surface area contributed by atoms with Crippen molar-refractivity contribution in [2.24, 2.45) is 12.5 Å². The van der Waals surface area contributed by atoms with Gasteiger partial charge >= 0.3 is 24.3 Å². The molecule has 2 fully saturated rings. The minimum atomic E-state index is -5.08. The average Bonchev–Trinajstić information content (AvgIpc) is 3.42. The van der Waals surface area contributed by atoms with Gasteiger partial charge in [-0.15, -0.1) is 0 Å². The van der Waals surface area contributed by atoms with E-state index >= 15 is 0 Å². The maximum Gasteiger partial charge on any atom is 0.490 e. The number of aryl methyl sites for hydroxylation is 1. The number of rotatable bonds is 4. The molecule has 2 aromatic heterocycles. The summed E-state index contributed by atoms with van der Waals surface area (Å²) in [5.74, 6) is -5.51. The van der Waals surface area contributed by atoms with Crippen LogP contribution in [0.25, 0.3) is 0 Å². The Morgan fingerprint density at radius 1 is 0.868 bits per heavy atom. The standard InChI is InChI=1S/C20H28N4.2C2HF3O2/c1-22-11-4-6-19(22)16-24-14-9-20(17-24)7-12-23(13-8-20)15-18-5-2-3-10-21-18;2*3-2(4,5)1(6)7/h2-6,10-11H,7-9,12-17H2,1H3;2*(H,6,7). The monoisotopic (exact) mass is 552 g/mol. The number of hydrogen-bond acceptors (Lipinski definition) is 5. The van der Waals surface area contributed by atoms with E-state index in [2.05, 4.69) is 56.9 Å². The highest BCUT2D eigenvalue weighted by Crippen LogP contribution is 2.41. The predicted octanol–water partition coefficient (Wildman–Crippen LogP) is 4.17. The van der Waals surface area contributed by atoms with Crippen LogP contribution in [0, 0.1) is 5.41 Å². The maximum atomic E-state index is 10.6. The molecule has 0 bridgehead atoms. The predicted molar refractivity (Wildman–Crippen MR) is 124 cm³/mol. The van der Waals surface area contributed by atoms with E-state index < -0.39 is 24.3 Å². The zero-order valence-corrected chi connectivity index (χ0v) is 20.7. The Kier molecular flexibility index (Phi) is 10.7. The van der Waals surface area contributed by atoms with Crippen LogP contribution in [-0.4, -0.2) is 80.0 Å². The van der Waals surface area contributed by atoms with E-state index in [0.717, 1.165) is 13.1 Å². The van der Waals surface area contributed by atoms with Crippen molar-refractivity contribution in [3.63, 3.8) is 0 Å². The summed E-state index contributed by atoms with van der Waals surface area (Å²) in [4.78, 5) is 27.5. The fourth-order valence-electron chi connectivity index (χ4n) is 4.37. The minimum Gasteiger partial charge on any atom is -0.475 e. The second-order valence-corrected chi connectivity index (χ2v) is 9.27. The molecule has 2 saturated heterocycles. The van der Waals surface area contributed by atoms with E-state index in [-0.39, 0.29) is 0 Å². The van der Waals surface area contributed by atoms with Crippen molar-refractivity contribution >= 4 is 11.9 Å². The van der Waals surface area contributed by atoms with Gasteiger partial charge in [0.15, 0.2) is 0 Å². The maximum absolute atomic E-state index is 10.6. The summed E-state index contributed by atoms with van der Waals surface area (Å²) in [7, 11) is 2.15. The first-order valence-corrected chi connectivity index (χ1v) is 11.7. The molecular formula is C24H30F6N4O4. The minimum absolute atomic E-state index is 0.561. The quantitative estimate of drug-likeness (QED) is 0.550. The number of piperidine rings is 1. The molecule has 0 aromatic carbocycles. The molecule has 2 aliphatic heterocycles. The van der Waals surface area contributed by atoms with Gasteiger partial charge in [-0.2, -0.15) is 26.3 Å². The summed E-state index contributed by atoms with van der Waals surface area (Å²) in [6.07, 6.45) is -2.07. The first kappa shape index (κ1) is 31.1. The molecule has 14 heteroatoms. The van der Waals surface area contributed by atoms with Crippen LogP contribution in [0.1, 0.15) is 30.7 Å². The number of alkyl halides is 6. The van der Waals surface area contributed by atoms with Crippen LogP contribution in [0.5, 0.6) is 0 Å². The van der Waals surface area contributed by atoms with E-state index in [9.17, 15) is 26.3 Å². The van der Waals surface area contributed by atoms with E-state index in [4.69, 9.17) is 19.8 Å². The Hall–Kier alpha value is -3.13. The van der Waals surface area contributed by atoms with Crippen molar-refractivity contribution in [1.82, 2.24) is 19.4 Å². The van der Waals surface area contributed by atoms with Gasteiger partial charge in [0.1, 0.15) is 0 Å². The zero-order valence-electron chi connectivity index (χ0n) is 20.7. The lowest BCUT2D eigenvalue weighted by atomic mass is 9.78. The highest BCUT2D eigenvalue weighted by atomic mass is 19.4. The van der Waals surface area contributed by atoms with E-state index in [1.165, 1.54) is 56.8 Å². The Morgan fingerprint density at radius 2 is 1.39 bits per heavy atom. The van der Waals surface area contributed by atoms with Crippen molar-refractivity contribution in [2.45, 2.75) is 44.7 Å². The summed E-state index contributed by atoms with van der Waals surface area (Å²) < 4.78 is 65.7. The normalized spacial score (nSPS) is 17.8. The Labute approximate surface area is 215 Å². The SMILES string of the molecule is Cn1cccc1CN1CCC2(CCN(Cc3ccccn3)CC2)C1.O=C(O)C(F)(F)F.O=C(O)C(F)(F)F. The molecule has 0 aliphatic carbocycles. The Morgan fingerprint density at radius 3 is 1.82 bits per heavy atom. The summed E-state index contributed by atoms with van der Waals surface area (Å²) in [5, 5.41) is 14.2. The number of carboxylic acid groups (broad SMARTS) is 2. The second kappa shape index (κ2) is 13.1. The second-order valence-electron chi connectivity index (χ2n) is 9.27. The van der Waals surface area contributed by atoms with Crippen LogP contribution in [0.15, 0.2) is 42.7 Å². The number of hydrogen-bond donors (Lipinski definition) is 2. The third-order valence-electron chi connectivity index (χ3n) is 6.47. The molecule has 0 atom stereocenters. The van der Waals surface area contributed by atoms with Gasteiger partial charge in [-0.25, -0.2) is 9.59 Å². The lowest BCUT2D eigenvalue weighted by Gasteiger charge is -2.39. The van der Waals surface area contributed by atoms with Crippen molar-refractivity contribution in [3.05, 3.63) is 54.1 Å². The summed E-state index contributed by atoms with van der Waals surface area (Å²) in [6.45, 7) is 7.07. The van der Waals surface area contributed by atoms with Gasteiger partial charge in [-0.1, -0.05) is 6.07 Å². The molecule has 1 spiro atoms. The number of likely N-dealkylation sites (tertiary alicyclic amines) is 2. The van der Waals surface area contributed by atoms with Gasteiger partial charge in [-0.3, -0.25) is 14.8 Å². The molecule has 0 saturated carbocycles. The summed E-state index contributed by atoms with van der Waals surface area (Å²) in [5.41, 5.74) is 3.19. The van der Waals surface area contributed by atoms with Gasteiger partial charge in [0, 0.05) is 44.8 Å². The molecule has 0 unspecified atom stereocenters. The summed E-state index contributed by atoms with van der Waals surface area (Å²) in [6, 6.07) is 10.6. The van der Waals surface area contributed by atoms with Gasteiger partial charge in [0.05, 0.1) is 5.69 Å². The molecule has 4 heterocycles. The van der Waals surface area contributed by atoms with Crippen LogP contribution in [0.4, 0.5) is 26.3 Å². The fraction of sp³-hybridized carbons (Fsp3) is 0.542. The molecular weight excluding hydrogens is 522 g/mol. The summed E-state index contributed by atoms with van der Waals surface area (Å²) >= 11 is 0. The van der Waals surface area contributed by atoms with Gasteiger partial charge < -0.3 is 14.8 Å². The van der Waals surface area contributed by atoms with Gasteiger partial charge in [-0.05, 0) is 68.6 Å². The van der Waals surface area contributed by atoms with Crippen LogP contribution in [-0.2, 0) is 29.7 Å². The molecule has 2 aromatic rings. The van der Waals surface area contributed by atoms with Crippen LogP contribution >= 0.6 is 0 Å². The molecule has 2 N–H and O–H groups in total. The highest BCUT2D eigenvalue weighted by Gasteiger charge is 2.41. The third kappa shape index (κ3) is 9.97. The fourth-order valence-corrected chi connectivity index (χ4v) is 4.37. The van der Waals surface area contributed by atoms with Crippen molar-refractivity contribution in [3.8, 4) is 0 Å². The first-order chi connectivity index (χ1) is 17.6. The van der Waals surface area contributed by atoms with Crippen molar-refractivity contribution in [2.75, 3.05) is 26.2 Å². The zero-order chi connectivity index (χ0) is 28.6. The molecule has 212 valence electrons. The number of aromatic nitrogens is 2. The number of nitrogens with zero attached hydrogens (tertiary/aromatic N) is 4. The van der Waals surface area contributed by atoms with E-state index in [0.29, 0.717) is 5.41 Å². The number of pyridine rings is 1. The Balaban J connectivity index is 0.000000301. The lowest BCUT2D eigenvalue weighted by Crippen LogP contribution is -2.41. The number of carbonyl (C=O) groups is 2. The van der Waals surface area contributed by atoms with E-state index in [1.807, 2.05) is 12.3 Å². The lowest BCUT2D eigenvalue weighted by molar-refractivity contribution is -0.193. The van der Waals surface area contributed by atoms with Crippen LogP contribution < -0.4 is 0 Å². The van der Waals surface area contributed by atoms with Crippen LogP contribution in [0.2, 0.25) is 0 Å². The average molecular weight is 553 g/mol. The van der Waals surface area contributed by atoms with Gasteiger partial charge in [0.2, 0.25) is 0 Å². The third-order valence-corrected chi connectivity index (χ3v) is 6.47. The topological polar surface area (TPSA) is 98.9 Å². The van der Waals surface area contributed by atoms with Gasteiger partial charge in [0.25, 0.3) is 0 Å². The van der Waals surface area contributed by atoms with Crippen molar-refractivity contribution in [1.29, 1.82) is 0 Å². The molecule has 0 radical (unpaired) electrons. The highest BCUT2D eigenvalue weighted by molar-refractivity contribution is 5.73. The molecule has 4 rings (SSSR count). The molecule has 0 amide bonds. The van der Waals surface area contributed by atoms with Crippen molar-refractivity contribution < 1.29 is 46.1 Å². The first-order valence-electron chi connectivity index (χ1n) is 11.7. The molecule has 8 nitrogen and oxygen atoms in total. The molecule has 2 aliphatic rings. The van der Waals surface area contributed by atoms with E-state index in [1.54, 1.807) is 0 Å². The Bertz CT molecular complexity index is 1010. The number of aliphatic carboxylic acids is 2. The number of carboxylic acids is 2. The largest absolute Gasteiger partial charge is 0.490 e.